The van der Waals surface area contributed by atoms with Gasteiger partial charge in [-0.05, 0) is 69.5 Å². The number of amides is 1. The first kappa shape index (κ1) is 17.3. The molecule has 1 amide bonds. The van der Waals surface area contributed by atoms with Crippen molar-refractivity contribution in [2.75, 3.05) is 13.1 Å². The van der Waals surface area contributed by atoms with Crippen LogP contribution in [0.5, 0.6) is 0 Å². The van der Waals surface area contributed by atoms with Crippen LogP contribution in [-0.2, 0) is 0 Å². The van der Waals surface area contributed by atoms with Crippen molar-refractivity contribution in [3.8, 4) is 0 Å². The first-order valence-electron chi connectivity index (χ1n) is 6.85. The molecule has 1 saturated heterocycles. The second-order valence-corrected chi connectivity index (χ2v) is 5.74. The molecule has 0 bridgehead atoms. The van der Waals surface area contributed by atoms with Gasteiger partial charge in [0.25, 0.3) is 5.91 Å². The Morgan fingerprint density at radius 1 is 1.50 bits per heavy atom. The maximum atomic E-state index is 12.2. The molecule has 2 unspecified atom stereocenters. The first-order chi connectivity index (χ1) is 9.08. The molecular formula is C15H22Cl2N2O. The van der Waals surface area contributed by atoms with E-state index >= 15 is 0 Å². The van der Waals surface area contributed by atoms with Crippen molar-refractivity contribution in [2.45, 2.75) is 32.7 Å². The Labute approximate surface area is 131 Å². The van der Waals surface area contributed by atoms with Gasteiger partial charge in [-0.25, -0.2) is 0 Å². The molecule has 0 aliphatic carbocycles. The highest BCUT2D eigenvalue weighted by Gasteiger charge is 2.21. The molecule has 1 aliphatic rings. The molecule has 5 heteroatoms. The summed E-state index contributed by atoms with van der Waals surface area (Å²) in [5, 5.41) is 7.16. The molecule has 0 aromatic heterocycles. The summed E-state index contributed by atoms with van der Waals surface area (Å²) in [6.45, 7) is 6.07. The van der Waals surface area contributed by atoms with Crippen LogP contribution in [0.2, 0.25) is 5.02 Å². The van der Waals surface area contributed by atoms with E-state index in [0.717, 1.165) is 18.7 Å². The van der Waals surface area contributed by atoms with Gasteiger partial charge in [0.1, 0.15) is 0 Å². The van der Waals surface area contributed by atoms with Crippen LogP contribution in [0.25, 0.3) is 0 Å². The molecule has 2 rings (SSSR count). The highest BCUT2D eigenvalue weighted by molar-refractivity contribution is 6.31. The fourth-order valence-electron chi connectivity index (χ4n) is 2.50. The Kier molecular flexibility index (Phi) is 6.80. The third-order valence-electron chi connectivity index (χ3n) is 3.82. The molecular weight excluding hydrogens is 295 g/mol. The number of piperidine rings is 1. The van der Waals surface area contributed by atoms with Gasteiger partial charge in [-0.2, -0.15) is 0 Å². The van der Waals surface area contributed by atoms with E-state index < -0.39 is 0 Å². The zero-order valence-corrected chi connectivity index (χ0v) is 13.5. The summed E-state index contributed by atoms with van der Waals surface area (Å²) < 4.78 is 0. The monoisotopic (exact) mass is 316 g/mol. The van der Waals surface area contributed by atoms with Crippen LogP contribution in [0.15, 0.2) is 18.2 Å². The lowest BCUT2D eigenvalue weighted by Gasteiger charge is -2.29. The SMILES string of the molecule is Cc1cc(C(=O)NC(C)C2CCCNC2)ccc1Cl.Cl. The zero-order valence-electron chi connectivity index (χ0n) is 11.9. The number of halogens is 2. The van der Waals surface area contributed by atoms with Gasteiger partial charge in [-0.3, -0.25) is 4.79 Å². The smallest absolute Gasteiger partial charge is 0.251 e. The van der Waals surface area contributed by atoms with Crippen LogP contribution in [0.1, 0.15) is 35.7 Å². The van der Waals surface area contributed by atoms with Crippen molar-refractivity contribution in [2.24, 2.45) is 5.92 Å². The lowest BCUT2D eigenvalue weighted by Crippen LogP contribution is -2.44. The minimum absolute atomic E-state index is 0. The number of rotatable bonds is 3. The third kappa shape index (κ3) is 4.37. The minimum atomic E-state index is -0.0159. The topological polar surface area (TPSA) is 41.1 Å². The summed E-state index contributed by atoms with van der Waals surface area (Å²) in [7, 11) is 0. The highest BCUT2D eigenvalue weighted by atomic mass is 35.5. The molecule has 0 spiro atoms. The summed E-state index contributed by atoms with van der Waals surface area (Å²) in [4.78, 5) is 12.2. The third-order valence-corrected chi connectivity index (χ3v) is 4.25. The van der Waals surface area contributed by atoms with Crippen molar-refractivity contribution < 1.29 is 4.79 Å². The predicted octanol–water partition coefficient (Wildman–Crippen LogP) is 3.19. The Balaban J connectivity index is 0.00000200. The highest BCUT2D eigenvalue weighted by Crippen LogP contribution is 2.18. The Bertz CT molecular complexity index is 459. The second-order valence-electron chi connectivity index (χ2n) is 5.33. The molecule has 1 aliphatic heterocycles. The van der Waals surface area contributed by atoms with Crippen molar-refractivity contribution in [3.63, 3.8) is 0 Å². The normalized spacial score (nSPS) is 19.9. The molecule has 0 saturated carbocycles. The minimum Gasteiger partial charge on any atom is -0.349 e. The van der Waals surface area contributed by atoms with Gasteiger partial charge in [-0.15, -0.1) is 12.4 Å². The van der Waals surface area contributed by atoms with E-state index in [-0.39, 0.29) is 24.4 Å². The van der Waals surface area contributed by atoms with E-state index in [4.69, 9.17) is 11.6 Å². The van der Waals surface area contributed by atoms with E-state index in [1.54, 1.807) is 12.1 Å². The average Bonchev–Trinajstić information content (AvgIpc) is 2.42. The fourth-order valence-corrected chi connectivity index (χ4v) is 2.62. The van der Waals surface area contributed by atoms with Crippen molar-refractivity contribution in [1.29, 1.82) is 0 Å². The summed E-state index contributed by atoms with van der Waals surface area (Å²) in [5.74, 6) is 0.504. The molecule has 1 heterocycles. The summed E-state index contributed by atoms with van der Waals surface area (Å²) >= 11 is 5.97. The fraction of sp³-hybridized carbons (Fsp3) is 0.533. The molecule has 1 aromatic rings. The average molecular weight is 317 g/mol. The van der Waals surface area contributed by atoms with E-state index in [1.807, 2.05) is 13.0 Å². The van der Waals surface area contributed by atoms with Crippen molar-refractivity contribution >= 4 is 29.9 Å². The number of aryl methyl sites for hydroxylation is 1. The van der Waals surface area contributed by atoms with Gasteiger partial charge in [0.05, 0.1) is 0 Å². The molecule has 0 radical (unpaired) electrons. The van der Waals surface area contributed by atoms with Gasteiger partial charge >= 0.3 is 0 Å². The number of hydrogen-bond acceptors (Lipinski definition) is 2. The molecule has 1 fully saturated rings. The number of nitrogens with one attached hydrogen (secondary N) is 2. The number of carbonyl (C=O) groups excluding carboxylic acids is 1. The first-order valence-corrected chi connectivity index (χ1v) is 7.23. The standard InChI is InChI=1S/C15H21ClN2O.ClH/c1-10-8-12(5-6-14(10)16)15(19)18-11(2)13-4-3-7-17-9-13;/h5-6,8,11,13,17H,3-4,7,9H2,1-2H3,(H,18,19);1H. The van der Waals surface area contributed by atoms with Gasteiger partial charge in [0, 0.05) is 16.6 Å². The quantitative estimate of drug-likeness (QED) is 0.899. The molecule has 2 atom stereocenters. The maximum absolute atomic E-state index is 12.2. The van der Waals surface area contributed by atoms with E-state index in [2.05, 4.69) is 17.6 Å². The second kappa shape index (κ2) is 7.87. The van der Waals surface area contributed by atoms with Crippen LogP contribution in [-0.4, -0.2) is 25.0 Å². The summed E-state index contributed by atoms with van der Waals surface area (Å²) in [6, 6.07) is 5.58. The van der Waals surface area contributed by atoms with Crippen LogP contribution < -0.4 is 10.6 Å². The Morgan fingerprint density at radius 3 is 2.85 bits per heavy atom. The molecule has 1 aromatic carbocycles. The van der Waals surface area contributed by atoms with Gasteiger partial charge in [-0.1, -0.05) is 11.6 Å². The number of carbonyl (C=O) groups is 1. The van der Waals surface area contributed by atoms with Crippen molar-refractivity contribution in [3.05, 3.63) is 34.3 Å². The van der Waals surface area contributed by atoms with E-state index in [1.165, 1.54) is 12.8 Å². The number of benzene rings is 1. The molecule has 3 nitrogen and oxygen atoms in total. The summed E-state index contributed by atoms with van der Waals surface area (Å²) in [5.41, 5.74) is 1.61. The Morgan fingerprint density at radius 2 is 2.25 bits per heavy atom. The maximum Gasteiger partial charge on any atom is 0.251 e. The molecule has 2 N–H and O–H groups in total. The predicted molar refractivity (Wildman–Crippen MR) is 86.0 cm³/mol. The largest absolute Gasteiger partial charge is 0.349 e. The van der Waals surface area contributed by atoms with E-state index in [9.17, 15) is 4.79 Å². The lowest BCUT2D eigenvalue weighted by molar-refractivity contribution is 0.0922. The van der Waals surface area contributed by atoms with Crippen molar-refractivity contribution in [1.82, 2.24) is 10.6 Å². The van der Waals surface area contributed by atoms with Crippen LogP contribution in [0.4, 0.5) is 0 Å². The zero-order chi connectivity index (χ0) is 13.8. The van der Waals surface area contributed by atoms with Crippen LogP contribution in [0, 0.1) is 12.8 Å². The van der Waals surface area contributed by atoms with Gasteiger partial charge < -0.3 is 10.6 Å². The Hall–Kier alpha value is -0.770. The molecule has 112 valence electrons. The number of hydrogen-bond donors (Lipinski definition) is 2. The summed E-state index contributed by atoms with van der Waals surface area (Å²) in [6.07, 6.45) is 2.36. The van der Waals surface area contributed by atoms with Crippen LogP contribution >= 0.6 is 24.0 Å². The lowest BCUT2D eigenvalue weighted by atomic mass is 9.92. The van der Waals surface area contributed by atoms with Gasteiger partial charge in [0.2, 0.25) is 0 Å². The molecule has 20 heavy (non-hydrogen) atoms. The van der Waals surface area contributed by atoms with E-state index in [0.29, 0.717) is 16.5 Å². The van der Waals surface area contributed by atoms with Gasteiger partial charge in [0.15, 0.2) is 0 Å². The van der Waals surface area contributed by atoms with Crippen LogP contribution in [0.3, 0.4) is 0 Å².